The molecule has 240 valence electrons. The minimum Gasteiger partial charge on any atom is -0.496 e. The van der Waals surface area contributed by atoms with E-state index in [1.165, 1.54) is 36.3 Å². The van der Waals surface area contributed by atoms with Gasteiger partial charge in [0.15, 0.2) is 0 Å². The summed E-state index contributed by atoms with van der Waals surface area (Å²) < 4.78 is 84.3. The Bertz CT molecular complexity index is 1760. The minimum absolute atomic E-state index is 0.00109. The monoisotopic (exact) mass is 652 g/mol. The van der Waals surface area contributed by atoms with Crippen LogP contribution < -0.4 is 15.4 Å². The molecule has 2 aromatic carbocycles. The molecule has 45 heavy (non-hydrogen) atoms. The number of hydrogen-bond acceptors (Lipinski definition) is 7. The van der Waals surface area contributed by atoms with E-state index in [2.05, 4.69) is 15.7 Å². The van der Waals surface area contributed by atoms with Crippen molar-refractivity contribution in [1.82, 2.24) is 15.1 Å². The van der Waals surface area contributed by atoms with E-state index >= 15 is 0 Å². The Balaban J connectivity index is 1.35. The van der Waals surface area contributed by atoms with Crippen LogP contribution in [-0.2, 0) is 32.4 Å². The molecular formula is C29H28F4N4O7S. The van der Waals surface area contributed by atoms with Crippen LogP contribution in [0, 0.1) is 23.6 Å². The molecule has 2 aliphatic carbocycles. The van der Waals surface area contributed by atoms with Gasteiger partial charge in [0, 0.05) is 30.4 Å². The summed E-state index contributed by atoms with van der Waals surface area (Å²) in [5.41, 5.74) is -5.04. The van der Waals surface area contributed by atoms with E-state index in [1.54, 1.807) is 0 Å². The zero-order valence-electron chi connectivity index (χ0n) is 23.7. The van der Waals surface area contributed by atoms with Crippen LogP contribution in [0.15, 0.2) is 53.7 Å². The highest BCUT2D eigenvalue weighted by molar-refractivity contribution is 7.92. The second-order valence-electron chi connectivity index (χ2n) is 11.1. The number of benzene rings is 2. The van der Waals surface area contributed by atoms with Crippen LogP contribution in [0.2, 0.25) is 0 Å². The van der Waals surface area contributed by atoms with Gasteiger partial charge in [0.2, 0.25) is 5.91 Å². The normalized spacial score (nSPS) is 21.0. The summed E-state index contributed by atoms with van der Waals surface area (Å²) in [5.74, 6) is -4.00. The molecule has 2 amide bonds. The molecule has 5 rings (SSSR count). The van der Waals surface area contributed by atoms with Crippen LogP contribution in [-0.4, -0.2) is 59.7 Å². The number of carboxylic acids is 1. The number of halogens is 4. The van der Waals surface area contributed by atoms with Crippen LogP contribution in [0.5, 0.6) is 5.75 Å². The molecule has 0 aliphatic heterocycles. The van der Waals surface area contributed by atoms with Crippen LogP contribution in [0.1, 0.15) is 40.7 Å². The lowest BCUT2D eigenvalue weighted by Crippen LogP contribution is -2.48. The molecule has 2 fully saturated rings. The second kappa shape index (κ2) is 12.1. The van der Waals surface area contributed by atoms with Gasteiger partial charge in [0.1, 0.15) is 18.1 Å². The average Bonchev–Trinajstić information content (AvgIpc) is 3.70. The molecule has 1 aromatic heterocycles. The number of anilines is 1. The van der Waals surface area contributed by atoms with Crippen molar-refractivity contribution in [3.63, 3.8) is 0 Å². The van der Waals surface area contributed by atoms with Crippen molar-refractivity contribution < 1.29 is 50.2 Å². The van der Waals surface area contributed by atoms with Crippen molar-refractivity contribution in [2.45, 2.75) is 48.7 Å². The summed E-state index contributed by atoms with van der Waals surface area (Å²) in [6.07, 6.45) is 4.88. The largest absolute Gasteiger partial charge is 0.501 e. The first-order valence-corrected chi connectivity index (χ1v) is 15.3. The number of aromatic nitrogens is 2. The fraction of sp³-hybridized carbons (Fsp3) is 0.379. The number of ether oxygens (including phenoxy) is 1. The Morgan fingerprint density at radius 2 is 1.87 bits per heavy atom. The van der Waals surface area contributed by atoms with Gasteiger partial charge in [-0.2, -0.15) is 18.3 Å². The number of nitrogens with one attached hydrogen (secondary N) is 2. The van der Waals surface area contributed by atoms with Crippen molar-refractivity contribution in [3.05, 3.63) is 71.3 Å². The number of rotatable bonds is 10. The van der Waals surface area contributed by atoms with Gasteiger partial charge >= 0.3 is 11.5 Å². The van der Waals surface area contributed by atoms with Crippen molar-refractivity contribution in [2.75, 3.05) is 12.4 Å². The number of methoxy groups -OCH3 is 1. The van der Waals surface area contributed by atoms with Gasteiger partial charge in [-0.25, -0.2) is 12.8 Å². The zero-order valence-corrected chi connectivity index (χ0v) is 24.5. The molecule has 0 spiro atoms. The predicted molar refractivity (Wildman–Crippen MR) is 150 cm³/mol. The van der Waals surface area contributed by atoms with Crippen LogP contribution >= 0.6 is 0 Å². The third-order valence-electron chi connectivity index (χ3n) is 8.23. The number of carbonyl (C=O) groups is 3. The predicted octanol–water partition coefficient (Wildman–Crippen LogP) is 3.78. The molecule has 16 heteroatoms. The lowest BCUT2D eigenvalue weighted by atomic mass is 9.83. The van der Waals surface area contributed by atoms with Crippen LogP contribution in [0.25, 0.3) is 0 Å². The van der Waals surface area contributed by atoms with Gasteiger partial charge < -0.3 is 20.5 Å². The van der Waals surface area contributed by atoms with E-state index < -0.39 is 55.8 Å². The molecule has 0 radical (unpaired) electrons. The summed E-state index contributed by atoms with van der Waals surface area (Å²) in [5, 5.41) is 18.3. The van der Waals surface area contributed by atoms with E-state index in [1.807, 2.05) is 0 Å². The molecule has 2 bridgehead atoms. The number of hydrogen-bond donors (Lipinski definition) is 3. The van der Waals surface area contributed by atoms with Crippen molar-refractivity contribution >= 4 is 33.3 Å². The van der Waals surface area contributed by atoms with E-state index in [0.29, 0.717) is 18.4 Å². The number of carbonyl (C=O) groups excluding carboxylic acids is 2. The summed E-state index contributed by atoms with van der Waals surface area (Å²) >= 11 is 0. The highest BCUT2D eigenvalue weighted by atomic mass is 32.2. The molecule has 2 aliphatic rings. The Morgan fingerprint density at radius 1 is 1.13 bits per heavy atom. The summed E-state index contributed by atoms with van der Waals surface area (Å²) in [7, 11) is -4.37. The van der Waals surface area contributed by atoms with Gasteiger partial charge in [0.05, 0.1) is 29.7 Å². The Morgan fingerprint density at radius 3 is 2.56 bits per heavy atom. The van der Waals surface area contributed by atoms with Gasteiger partial charge in [-0.05, 0) is 66.5 Å². The average molecular weight is 653 g/mol. The third-order valence-corrected chi connectivity index (χ3v) is 9.71. The highest BCUT2D eigenvalue weighted by Gasteiger charge is 2.52. The first kappa shape index (κ1) is 31.9. The van der Waals surface area contributed by atoms with Gasteiger partial charge in [-0.15, -0.1) is 0 Å². The van der Waals surface area contributed by atoms with Gasteiger partial charge in [-0.1, -0.05) is 6.07 Å². The van der Waals surface area contributed by atoms with Crippen LogP contribution in [0.4, 0.5) is 23.2 Å². The maximum Gasteiger partial charge on any atom is 0.501 e. The van der Waals surface area contributed by atoms with Crippen molar-refractivity contribution in [3.8, 4) is 5.75 Å². The topological polar surface area (TPSA) is 157 Å². The molecule has 0 saturated heterocycles. The standard InChI is InChI=1S/C29H28F4N4O7S/c1-44-23-11-22(30)18(7-15-12-34-37(13-15)14-24(38)39)9-21(23)27(40)36-26-17-6-5-16(8-17)25(26)28(41)35-19-3-2-4-20(10-19)45(42,43)29(31,32)33/h2-4,9-13,16-17,25-26H,5-8,14H2,1H3,(H,35,41)(H,36,40)(H,38,39)/t16-,17+,25+,26-/m1/s1. The van der Waals surface area contributed by atoms with Gasteiger partial charge in [-0.3, -0.25) is 19.1 Å². The number of alkyl halides is 3. The number of carboxylic acid groups (broad SMARTS) is 1. The fourth-order valence-electron chi connectivity index (χ4n) is 6.23. The first-order valence-electron chi connectivity index (χ1n) is 13.8. The van der Waals surface area contributed by atoms with E-state index in [0.717, 1.165) is 30.7 Å². The van der Waals surface area contributed by atoms with E-state index in [4.69, 9.17) is 9.84 Å². The molecule has 3 N–H and O–H groups in total. The summed E-state index contributed by atoms with van der Waals surface area (Å²) in [6.45, 7) is -0.380. The fourth-order valence-corrected chi connectivity index (χ4v) is 7.04. The maximum absolute atomic E-state index is 15.0. The van der Waals surface area contributed by atoms with E-state index in [9.17, 15) is 40.4 Å². The number of sulfone groups is 1. The van der Waals surface area contributed by atoms with Crippen LogP contribution in [0.3, 0.4) is 0 Å². The quantitative estimate of drug-likeness (QED) is 0.280. The maximum atomic E-state index is 15.0. The molecular weight excluding hydrogens is 624 g/mol. The summed E-state index contributed by atoms with van der Waals surface area (Å²) in [6, 6.07) is 5.58. The number of aliphatic carboxylic acids is 1. The number of fused-ring (bicyclic) bond motifs is 2. The molecule has 1 heterocycles. The van der Waals surface area contributed by atoms with E-state index in [-0.39, 0.29) is 47.4 Å². The Kier molecular flexibility index (Phi) is 8.62. The lowest BCUT2D eigenvalue weighted by Gasteiger charge is -2.31. The zero-order chi connectivity index (χ0) is 32.7. The first-order chi connectivity index (χ1) is 21.2. The summed E-state index contributed by atoms with van der Waals surface area (Å²) in [4.78, 5) is 36.9. The minimum atomic E-state index is -5.63. The third kappa shape index (κ3) is 6.50. The Labute approximate surface area is 254 Å². The highest BCUT2D eigenvalue weighted by Crippen LogP contribution is 2.49. The molecule has 11 nitrogen and oxygen atoms in total. The molecule has 3 aromatic rings. The molecule has 4 atom stereocenters. The SMILES string of the molecule is COc1cc(F)c(Cc2cnn(CC(=O)O)c2)cc1C(=O)N[C@@H]1[C@H]2CC[C@H](C2)[C@@H]1C(=O)Nc1cccc(S(=O)(=O)C(F)(F)F)c1. The molecule has 2 saturated carbocycles. The van der Waals surface area contributed by atoms with Crippen molar-refractivity contribution in [2.24, 2.45) is 17.8 Å². The number of amides is 2. The lowest BCUT2D eigenvalue weighted by molar-refractivity contribution is -0.137. The van der Waals surface area contributed by atoms with Gasteiger partial charge in [0.25, 0.3) is 15.7 Å². The molecule has 0 unspecified atom stereocenters. The Hall–Kier alpha value is -4.47. The smallest absolute Gasteiger partial charge is 0.496 e. The van der Waals surface area contributed by atoms with Crippen molar-refractivity contribution in [1.29, 1.82) is 0 Å². The number of nitrogens with zero attached hydrogens (tertiary/aromatic N) is 2. The second-order valence-corrected chi connectivity index (χ2v) is 13.0.